The van der Waals surface area contributed by atoms with Gasteiger partial charge in [0.15, 0.2) is 11.5 Å². The second-order valence-corrected chi connectivity index (χ2v) is 7.31. The molecule has 0 spiro atoms. The van der Waals surface area contributed by atoms with Crippen LogP contribution in [-0.4, -0.2) is 46.5 Å². The van der Waals surface area contributed by atoms with Crippen molar-refractivity contribution >= 4 is 5.78 Å². The quantitative estimate of drug-likeness (QED) is 0.644. The van der Waals surface area contributed by atoms with Gasteiger partial charge in [-0.15, -0.1) is 0 Å². The van der Waals surface area contributed by atoms with Crippen LogP contribution in [0.1, 0.15) is 23.3 Å². The molecule has 1 saturated carbocycles. The molecule has 4 rings (SSSR count). The molecule has 1 aromatic heterocycles. The first-order valence-electron chi connectivity index (χ1n) is 9.01. The van der Waals surface area contributed by atoms with Gasteiger partial charge < -0.3 is 9.84 Å². The Bertz CT molecular complexity index is 830. The summed E-state index contributed by atoms with van der Waals surface area (Å²) in [5, 5.41) is 9.17. The van der Waals surface area contributed by atoms with E-state index in [1.54, 1.807) is 12.1 Å². The zero-order valence-electron chi connectivity index (χ0n) is 14.6. The number of likely N-dealkylation sites (tertiary alicyclic amines) is 1. The molecule has 1 N–H and O–H groups in total. The van der Waals surface area contributed by atoms with Gasteiger partial charge in [-0.3, -0.25) is 9.69 Å². The van der Waals surface area contributed by atoms with Crippen LogP contribution < -0.4 is 4.74 Å². The van der Waals surface area contributed by atoms with Gasteiger partial charge in [0.05, 0.1) is 12.6 Å². The van der Waals surface area contributed by atoms with Crippen LogP contribution in [0.15, 0.2) is 36.4 Å². The van der Waals surface area contributed by atoms with Crippen LogP contribution in [-0.2, 0) is 0 Å². The predicted molar refractivity (Wildman–Crippen MR) is 93.7 cm³/mol. The lowest BCUT2D eigenvalue weighted by atomic mass is 10.0. The minimum absolute atomic E-state index is 0.0277. The summed E-state index contributed by atoms with van der Waals surface area (Å²) in [5.74, 6) is -0.550. The summed E-state index contributed by atoms with van der Waals surface area (Å²) in [5.41, 5.74) is 0.0277. The predicted octanol–water partition coefficient (Wildman–Crippen LogP) is 3.04. The second kappa shape index (κ2) is 7.23. The van der Waals surface area contributed by atoms with Gasteiger partial charge in [-0.05, 0) is 61.1 Å². The van der Waals surface area contributed by atoms with Crippen molar-refractivity contribution < 1.29 is 23.4 Å². The van der Waals surface area contributed by atoms with E-state index >= 15 is 0 Å². The van der Waals surface area contributed by atoms with Gasteiger partial charge in [0.1, 0.15) is 17.3 Å². The summed E-state index contributed by atoms with van der Waals surface area (Å²) >= 11 is 0. The Kier molecular flexibility index (Phi) is 4.78. The smallest absolute Gasteiger partial charge is 0.255 e. The first-order valence-corrected chi connectivity index (χ1v) is 9.01. The third kappa shape index (κ3) is 3.93. The van der Waals surface area contributed by atoms with Crippen LogP contribution in [0.25, 0.3) is 0 Å². The molecule has 2 aliphatic rings. The SMILES string of the molecule is O=C(CN1CC2CC(Oc3ccc(F)cc3)CC2C1)c1ccc(O)c(F)n1. The standard InChI is InChI=1S/C20H20F2N2O3/c21-14-1-3-15(4-2-14)27-16-7-12-9-24(10-13(12)8-16)11-19(26)17-5-6-18(25)20(22)23-17/h1-6,12-13,16,25H,7-11H2. The minimum atomic E-state index is -1.03. The molecule has 7 heteroatoms. The maximum atomic E-state index is 13.3. The summed E-state index contributed by atoms with van der Waals surface area (Å²) in [4.78, 5) is 17.9. The number of carbonyl (C=O) groups is 1. The summed E-state index contributed by atoms with van der Waals surface area (Å²) in [6.07, 6.45) is 1.91. The number of rotatable bonds is 5. The van der Waals surface area contributed by atoms with Gasteiger partial charge in [-0.25, -0.2) is 9.37 Å². The summed E-state index contributed by atoms with van der Waals surface area (Å²) < 4.78 is 32.2. The monoisotopic (exact) mass is 374 g/mol. The van der Waals surface area contributed by atoms with Gasteiger partial charge in [-0.1, -0.05) is 0 Å². The molecule has 2 aromatic rings. The molecule has 1 aliphatic heterocycles. The third-order valence-corrected chi connectivity index (χ3v) is 5.38. The Morgan fingerprint density at radius 3 is 2.41 bits per heavy atom. The number of halogens is 2. The van der Waals surface area contributed by atoms with E-state index in [1.807, 2.05) is 0 Å². The molecule has 2 heterocycles. The number of fused-ring (bicyclic) bond motifs is 1. The van der Waals surface area contributed by atoms with E-state index in [9.17, 15) is 18.7 Å². The number of hydrogen-bond acceptors (Lipinski definition) is 5. The number of hydrogen-bond donors (Lipinski definition) is 1. The Morgan fingerprint density at radius 2 is 1.78 bits per heavy atom. The third-order valence-electron chi connectivity index (χ3n) is 5.38. The fraction of sp³-hybridized carbons (Fsp3) is 0.400. The molecule has 5 nitrogen and oxygen atoms in total. The zero-order valence-corrected chi connectivity index (χ0v) is 14.6. The topological polar surface area (TPSA) is 62.7 Å². The van der Waals surface area contributed by atoms with E-state index in [4.69, 9.17) is 4.74 Å². The Morgan fingerprint density at radius 1 is 1.11 bits per heavy atom. The number of carbonyl (C=O) groups excluding carboxylic acids is 1. The summed E-state index contributed by atoms with van der Waals surface area (Å²) in [7, 11) is 0. The number of nitrogens with zero attached hydrogens (tertiary/aromatic N) is 2. The minimum Gasteiger partial charge on any atom is -0.504 e. The molecular formula is C20H20F2N2O3. The highest BCUT2D eigenvalue weighted by Crippen LogP contribution is 2.39. The Hall–Kier alpha value is -2.54. The molecule has 2 fully saturated rings. The second-order valence-electron chi connectivity index (χ2n) is 7.31. The average Bonchev–Trinajstić information content (AvgIpc) is 3.17. The van der Waals surface area contributed by atoms with Gasteiger partial charge in [-0.2, -0.15) is 4.39 Å². The number of aromatic nitrogens is 1. The molecule has 0 bridgehead atoms. The molecule has 0 amide bonds. The number of benzene rings is 1. The van der Waals surface area contributed by atoms with Crippen molar-refractivity contribution in [3.63, 3.8) is 0 Å². The van der Waals surface area contributed by atoms with E-state index in [1.165, 1.54) is 18.2 Å². The van der Waals surface area contributed by atoms with Crippen LogP contribution in [0.3, 0.4) is 0 Å². The van der Waals surface area contributed by atoms with E-state index in [0.29, 0.717) is 17.6 Å². The van der Waals surface area contributed by atoms with Gasteiger partial charge >= 0.3 is 0 Å². The number of pyridine rings is 1. The molecule has 2 unspecified atom stereocenters. The maximum Gasteiger partial charge on any atom is 0.255 e. The highest BCUT2D eigenvalue weighted by Gasteiger charge is 2.42. The van der Waals surface area contributed by atoms with Crippen LogP contribution in [0.5, 0.6) is 11.5 Å². The number of ether oxygens (including phenoxy) is 1. The molecule has 0 radical (unpaired) electrons. The average molecular weight is 374 g/mol. The first kappa shape index (κ1) is 17.9. The highest BCUT2D eigenvalue weighted by atomic mass is 19.1. The van der Waals surface area contributed by atoms with E-state index < -0.39 is 11.7 Å². The Balaban J connectivity index is 1.30. The van der Waals surface area contributed by atoms with Crippen LogP contribution in [0.4, 0.5) is 8.78 Å². The molecule has 1 aromatic carbocycles. The van der Waals surface area contributed by atoms with E-state index in [2.05, 4.69) is 9.88 Å². The first-order chi connectivity index (χ1) is 13.0. The number of aromatic hydroxyl groups is 1. The lowest BCUT2D eigenvalue weighted by Gasteiger charge is -2.19. The van der Waals surface area contributed by atoms with Crippen molar-refractivity contribution in [1.82, 2.24) is 9.88 Å². The molecule has 1 aliphatic carbocycles. The molecule has 2 atom stereocenters. The van der Waals surface area contributed by atoms with Crippen LogP contribution >= 0.6 is 0 Å². The fourth-order valence-corrected chi connectivity index (χ4v) is 4.14. The van der Waals surface area contributed by atoms with Crippen LogP contribution in [0, 0.1) is 23.6 Å². The highest BCUT2D eigenvalue weighted by molar-refractivity contribution is 5.95. The van der Waals surface area contributed by atoms with Gasteiger partial charge in [0.25, 0.3) is 5.95 Å². The van der Waals surface area contributed by atoms with Gasteiger partial charge in [0, 0.05) is 13.1 Å². The van der Waals surface area contributed by atoms with Gasteiger partial charge in [0.2, 0.25) is 0 Å². The largest absolute Gasteiger partial charge is 0.504 e. The van der Waals surface area contributed by atoms with Crippen molar-refractivity contribution in [2.75, 3.05) is 19.6 Å². The number of Topliss-reactive ketones (excluding diaryl/α,β-unsaturated/α-hetero) is 1. The van der Waals surface area contributed by atoms with Crippen molar-refractivity contribution in [2.24, 2.45) is 11.8 Å². The fourth-order valence-electron chi connectivity index (χ4n) is 4.14. The lowest BCUT2D eigenvalue weighted by molar-refractivity contribution is 0.0930. The van der Waals surface area contributed by atoms with Crippen molar-refractivity contribution in [1.29, 1.82) is 0 Å². The van der Waals surface area contributed by atoms with Crippen molar-refractivity contribution in [3.8, 4) is 11.5 Å². The Labute approximate surface area is 155 Å². The molecular weight excluding hydrogens is 354 g/mol. The summed E-state index contributed by atoms with van der Waals surface area (Å²) in [6.45, 7) is 1.77. The normalized spacial score (nSPS) is 24.7. The van der Waals surface area contributed by atoms with E-state index in [0.717, 1.165) is 32.0 Å². The molecule has 1 saturated heterocycles. The zero-order chi connectivity index (χ0) is 19.0. The molecule has 142 valence electrons. The maximum absolute atomic E-state index is 13.3. The molecule has 27 heavy (non-hydrogen) atoms. The summed E-state index contributed by atoms with van der Waals surface area (Å²) in [6, 6.07) is 8.53. The van der Waals surface area contributed by atoms with Crippen molar-refractivity contribution in [2.45, 2.75) is 18.9 Å². The van der Waals surface area contributed by atoms with Crippen molar-refractivity contribution in [3.05, 3.63) is 53.9 Å². The number of ketones is 1. The van der Waals surface area contributed by atoms with E-state index in [-0.39, 0.29) is 29.9 Å². The van der Waals surface area contributed by atoms with Crippen LogP contribution in [0.2, 0.25) is 0 Å². The lowest BCUT2D eigenvalue weighted by Crippen LogP contribution is -2.30.